The van der Waals surface area contributed by atoms with Gasteiger partial charge < -0.3 is 4.74 Å². The van der Waals surface area contributed by atoms with Gasteiger partial charge in [-0.15, -0.1) is 0 Å². The Kier molecular flexibility index (Phi) is 58.8. The molecule has 1 aromatic heterocycles. The lowest BCUT2D eigenvalue weighted by atomic mass is 10.2. The van der Waals surface area contributed by atoms with Gasteiger partial charge in [-0.1, -0.05) is 128 Å². The Hall–Kier alpha value is -2.19. The van der Waals surface area contributed by atoms with Crippen LogP contribution >= 0.6 is 0 Å². The van der Waals surface area contributed by atoms with Crippen molar-refractivity contribution in [2.24, 2.45) is 0 Å². The minimum Gasteiger partial charge on any atom is -0.385 e. The summed E-state index contributed by atoms with van der Waals surface area (Å²) in [5.41, 5.74) is 2.66. The van der Waals surface area contributed by atoms with E-state index in [0.717, 1.165) is 19.4 Å². The summed E-state index contributed by atoms with van der Waals surface area (Å²) in [6, 6.07) is 14.2. The van der Waals surface area contributed by atoms with E-state index in [4.69, 9.17) is 4.74 Å². The van der Waals surface area contributed by atoms with Crippen molar-refractivity contribution in [3.05, 3.63) is 90.3 Å². The van der Waals surface area contributed by atoms with Gasteiger partial charge in [-0.3, -0.25) is 4.98 Å². The fraction of sp³-hybridized carbons (Fsp3) is 0.500. The average Bonchev–Trinajstić information content (AvgIpc) is 3.49. The highest BCUT2D eigenvalue weighted by Gasteiger charge is 1.79. The molecule has 2 nitrogen and oxygen atoms in total. The maximum atomic E-state index is 4.69. The number of rotatable bonds is 2. The number of allylic oxidation sites excluding steroid dienone is 4. The lowest BCUT2D eigenvalue weighted by Gasteiger charge is -1.90. The third kappa shape index (κ3) is 46.2. The molecule has 0 unspecified atom stereocenters. The van der Waals surface area contributed by atoms with E-state index >= 15 is 0 Å². The number of hydrogen-bond donors (Lipinski definition) is 0. The van der Waals surface area contributed by atoms with Gasteiger partial charge >= 0.3 is 0 Å². The molecule has 186 valence electrons. The fourth-order valence-electron chi connectivity index (χ4n) is 1.55. The van der Waals surface area contributed by atoms with Crippen LogP contribution in [0, 0.1) is 13.8 Å². The molecule has 0 radical (unpaired) electrons. The molecule has 0 saturated carbocycles. The molecule has 0 atom stereocenters. The minimum absolute atomic E-state index is 0.889. The molecule has 1 aliphatic carbocycles. The first kappa shape index (κ1) is 40.2. The zero-order valence-electron chi connectivity index (χ0n) is 23.5. The van der Waals surface area contributed by atoms with Gasteiger partial charge in [0.25, 0.3) is 0 Å². The van der Waals surface area contributed by atoms with E-state index in [1.165, 1.54) is 11.1 Å². The average molecular weight is 446 g/mol. The number of aryl methyl sites for hydroxylation is 2. The Morgan fingerprint density at radius 1 is 0.688 bits per heavy atom. The quantitative estimate of drug-likeness (QED) is 0.458. The van der Waals surface area contributed by atoms with Crippen molar-refractivity contribution in [1.82, 2.24) is 4.98 Å². The maximum absolute atomic E-state index is 4.69. The van der Waals surface area contributed by atoms with Crippen LogP contribution in [0.25, 0.3) is 0 Å². The van der Waals surface area contributed by atoms with E-state index in [2.05, 4.69) is 74.3 Å². The maximum Gasteiger partial charge on any atom is 0.0459 e. The van der Waals surface area contributed by atoms with Gasteiger partial charge in [0.1, 0.15) is 0 Å². The molecule has 1 heterocycles. The number of hydrogen-bond acceptors (Lipinski definition) is 2. The molecule has 0 bridgehead atoms. The Morgan fingerprint density at radius 3 is 1.19 bits per heavy atom. The van der Waals surface area contributed by atoms with Crippen LogP contribution in [-0.4, -0.2) is 18.7 Å². The number of benzene rings is 1. The second kappa shape index (κ2) is 46.8. The Morgan fingerprint density at radius 2 is 1.06 bits per heavy atom. The van der Waals surface area contributed by atoms with Crippen molar-refractivity contribution < 1.29 is 4.74 Å². The number of ether oxygens (including phenoxy) is 1. The van der Waals surface area contributed by atoms with Crippen molar-refractivity contribution in [2.45, 2.75) is 89.0 Å². The summed E-state index contributed by atoms with van der Waals surface area (Å²) >= 11 is 0. The lowest BCUT2D eigenvalue weighted by Crippen LogP contribution is -1.80. The summed E-state index contributed by atoms with van der Waals surface area (Å²) in [5, 5.41) is 0. The van der Waals surface area contributed by atoms with Crippen molar-refractivity contribution in [2.75, 3.05) is 13.7 Å². The zero-order valence-corrected chi connectivity index (χ0v) is 23.5. The van der Waals surface area contributed by atoms with Gasteiger partial charge in [-0.05, 0) is 38.8 Å². The summed E-state index contributed by atoms with van der Waals surface area (Å²) < 4.78 is 4.69. The molecule has 1 aliphatic rings. The summed E-state index contributed by atoms with van der Waals surface area (Å²) in [7, 11) is 1.71. The monoisotopic (exact) mass is 445 g/mol. The van der Waals surface area contributed by atoms with Crippen LogP contribution in [0.2, 0.25) is 0 Å². The highest BCUT2D eigenvalue weighted by atomic mass is 16.5. The molecule has 2 aromatic rings. The summed E-state index contributed by atoms with van der Waals surface area (Å²) in [6.07, 6.45) is 14.1. The lowest BCUT2D eigenvalue weighted by molar-refractivity contribution is 0.199. The zero-order chi connectivity index (χ0) is 25.9. The largest absolute Gasteiger partial charge is 0.385 e. The van der Waals surface area contributed by atoms with Gasteiger partial charge in [0.15, 0.2) is 0 Å². The smallest absolute Gasteiger partial charge is 0.0459 e. The third-order valence-corrected chi connectivity index (χ3v) is 2.85. The number of aromatic nitrogens is 1. The van der Waals surface area contributed by atoms with Crippen LogP contribution in [0.5, 0.6) is 0 Å². The van der Waals surface area contributed by atoms with E-state index in [0.29, 0.717) is 0 Å². The first-order valence-corrected chi connectivity index (χ1v) is 12.4. The predicted octanol–water partition coefficient (Wildman–Crippen LogP) is 10.0. The first-order valence-electron chi connectivity index (χ1n) is 12.4. The molecular formula is C30H55NO. The predicted molar refractivity (Wildman–Crippen MR) is 151 cm³/mol. The molecular weight excluding hydrogens is 390 g/mol. The SMILES string of the molecule is C1=CCC=C1.CC.CC.CC.CC.CCCOC.Cc1ccc(C)cc1.c1ccncc1. The second-order valence-electron chi connectivity index (χ2n) is 5.26. The van der Waals surface area contributed by atoms with E-state index in [1.54, 1.807) is 19.5 Å². The highest BCUT2D eigenvalue weighted by molar-refractivity contribution is 5.19. The van der Waals surface area contributed by atoms with Crippen molar-refractivity contribution in [1.29, 1.82) is 0 Å². The Labute approximate surface area is 202 Å². The van der Waals surface area contributed by atoms with Crippen LogP contribution < -0.4 is 0 Å². The minimum atomic E-state index is 0.889. The van der Waals surface area contributed by atoms with E-state index in [9.17, 15) is 0 Å². The molecule has 0 spiro atoms. The first-order chi connectivity index (χ1) is 15.7. The standard InChI is InChI=1S/C8H10.C5H5N.C5H6.C4H10O.4C2H6/c1-7-3-5-8(2)6-4-7;1-2-4-6-5-3-1;1-2-4-5-3-1;1-3-4-5-2;4*1-2/h3-6H,1-2H3;1-5H;1-4H,5H2;3-4H2,1-2H3;4*1-2H3. The van der Waals surface area contributed by atoms with Crippen molar-refractivity contribution >= 4 is 0 Å². The summed E-state index contributed by atoms with van der Waals surface area (Å²) in [5.74, 6) is 0. The number of methoxy groups -OCH3 is 1. The Balaban J connectivity index is -0.0000000928. The van der Waals surface area contributed by atoms with E-state index in [-0.39, 0.29) is 0 Å². The molecule has 3 rings (SSSR count). The third-order valence-electron chi connectivity index (χ3n) is 2.85. The number of pyridine rings is 1. The summed E-state index contributed by atoms with van der Waals surface area (Å²) in [6.45, 7) is 23.2. The fourth-order valence-corrected chi connectivity index (χ4v) is 1.55. The molecule has 0 aliphatic heterocycles. The van der Waals surface area contributed by atoms with Crippen LogP contribution in [0.4, 0.5) is 0 Å². The molecule has 1 aromatic carbocycles. The van der Waals surface area contributed by atoms with Crippen LogP contribution in [-0.2, 0) is 4.74 Å². The molecule has 2 heteroatoms. The van der Waals surface area contributed by atoms with Crippen LogP contribution in [0.1, 0.15) is 86.3 Å². The van der Waals surface area contributed by atoms with Gasteiger partial charge in [-0.25, -0.2) is 0 Å². The van der Waals surface area contributed by atoms with E-state index in [1.807, 2.05) is 73.6 Å². The Bertz CT molecular complexity index is 471. The molecule has 0 fully saturated rings. The van der Waals surface area contributed by atoms with Crippen molar-refractivity contribution in [3.63, 3.8) is 0 Å². The normalized spacial score (nSPS) is 8.62. The van der Waals surface area contributed by atoms with Gasteiger partial charge in [0.2, 0.25) is 0 Å². The van der Waals surface area contributed by atoms with Crippen LogP contribution in [0.15, 0.2) is 79.2 Å². The van der Waals surface area contributed by atoms with Gasteiger partial charge in [0, 0.05) is 26.1 Å². The molecule has 0 saturated heterocycles. The van der Waals surface area contributed by atoms with E-state index < -0.39 is 0 Å². The summed E-state index contributed by atoms with van der Waals surface area (Å²) in [4.78, 5) is 3.78. The second-order valence-corrected chi connectivity index (χ2v) is 5.26. The molecule has 32 heavy (non-hydrogen) atoms. The van der Waals surface area contributed by atoms with Crippen molar-refractivity contribution in [3.8, 4) is 0 Å². The molecule has 0 amide bonds. The highest BCUT2D eigenvalue weighted by Crippen LogP contribution is 1.99. The topological polar surface area (TPSA) is 22.1 Å². The number of nitrogens with zero attached hydrogens (tertiary/aromatic N) is 1. The van der Waals surface area contributed by atoms with Gasteiger partial charge in [0.05, 0.1) is 0 Å². The molecule has 0 N–H and O–H groups in total. The van der Waals surface area contributed by atoms with Crippen LogP contribution in [0.3, 0.4) is 0 Å². The van der Waals surface area contributed by atoms with Gasteiger partial charge in [-0.2, -0.15) is 0 Å².